The van der Waals surface area contributed by atoms with Gasteiger partial charge in [-0.2, -0.15) is 0 Å². The van der Waals surface area contributed by atoms with Crippen molar-refractivity contribution in [1.29, 1.82) is 0 Å². The third-order valence-corrected chi connectivity index (χ3v) is 0. The molecular formula is H2F4OTi. The molecule has 0 aliphatic rings. The summed E-state index contributed by atoms with van der Waals surface area (Å²) in [7, 11) is 0. The molecule has 0 heterocycles. The Morgan fingerprint density at radius 1 is 0.833 bits per heavy atom. The van der Waals surface area contributed by atoms with Crippen LogP contribution < -0.4 is 0 Å². The van der Waals surface area contributed by atoms with Crippen molar-refractivity contribution in [1.82, 2.24) is 0 Å². The van der Waals surface area contributed by atoms with E-state index in [-0.39, 0.29) is 5.48 Å². The maximum atomic E-state index is 9.88. The van der Waals surface area contributed by atoms with E-state index < -0.39 is 18.7 Å². The van der Waals surface area contributed by atoms with Gasteiger partial charge in [-0.3, -0.25) is 0 Å². The van der Waals surface area contributed by atoms with Crippen LogP contribution in [0.5, 0.6) is 0 Å². The van der Waals surface area contributed by atoms with Crippen molar-refractivity contribution >= 4 is 0 Å². The molecule has 0 unspecified atom stereocenters. The van der Waals surface area contributed by atoms with Gasteiger partial charge < -0.3 is 5.48 Å². The second kappa shape index (κ2) is 2.55. The van der Waals surface area contributed by atoms with Gasteiger partial charge in [0.1, 0.15) is 0 Å². The topological polar surface area (TPSA) is 31.5 Å². The van der Waals surface area contributed by atoms with Crippen LogP contribution in [0.3, 0.4) is 0 Å². The summed E-state index contributed by atoms with van der Waals surface area (Å²) in [4.78, 5) is 0. The first-order valence-electron chi connectivity index (χ1n) is 0.756. The second-order valence-corrected chi connectivity index (χ2v) is 1.77. The Morgan fingerprint density at radius 2 is 0.833 bits per heavy atom. The van der Waals surface area contributed by atoms with Crippen molar-refractivity contribution in [3.8, 4) is 0 Å². The predicted octanol–water partition coefficient (Wildman–Crippen LogP) is 0.854. The molecule has 0 spiro atoms. The van der Waals surface area contributed by atoms with Gasteiger partial charge in [-0.1, -0.05) is 0 Å². The van der Waals surface area contributed by atoms with Crippen molar-refractivity contribution in [2.45, 2.75) is 0 Å². The summed E-state index contributed by atoms with van der Waals surface area (Å²) < 4.78 is 39.5. The first kappa shape index (κ1) is 9.64. The number of hydrogen-bond acceptors (Lipinski definition) is 0. The van der Waals surface area contributed by atoms with E-state index in [0.717, 1.165) is 0 Å². The summed E-state index contributed by atoms with van der Waals surface area (Å²) in [6.45, 7) is 0. The van der Waals surface area contributed by atoms with E-state index >= 15 is 0 Å². The van der Waals surface area contributed by atoms with Crippen LogP contribution in [-0.4, -0.2) is 5.48 Å². The van der Waals surface area contributed by atoms with Crippen LogP contribution in [0.1, 0.15) is 0 Å². The first-order chi connectivity index (χ1) is 2.00. The summed E-state index contributed by atoms with van der Waals surface area (Å²) in [6, 6.07) is 0. The zero-order valence-corrected chi connectivity index (χ0v) is 4.07. The molecule has 0 atom stereocenters. The molecule has 0 aromatic rings. The van der Waals surface area contributed by atoms with Gasteiger partial charge in [0.15, 0.2) is 0 Å². The van der Waals surface area contributed by atoms with Crippen LogP contribution in [0.2, 0.25) is 0 Å². The van der Waals surface area contributed by atoms with Crippen molar-refractivity contribution in [3.63, 3.8) is 0 Å². The Balaban J connectivity index is 0. The molecule has 0 radical (unpaired) electrons. The van der Waals surface area contributed by atoms with Gasteiger partial charge in [0, 0.05) is 0 Å². The van der Waals surface area contributed by atoms with Gasteiger partial charge in [0.25, 0.3) is 0 Å². The number of hydrogen-bond donors (Lipinski definition) is 0. The van der Waals surface area contributed by atoms with E-state index in [2.05, 4.69) is 0 Å². The summed E-state index contributed by atoms with van der Waals surface area (Å²) in [5.74, 6) is 0. The van der Waals surface area contributed by atoms with Crippen molar-refractivity contribution in [3.05, 3.63) is 0 Å². The van der Waals surface area contributed by atoms with Gasteiger partial charge in [-0.25, -0.2) is 0 Å². The molecule has 0 aliphatic carbocycles. The van der Waals surface area contributed by atoms with E-state index in [1.54, 1.807) is 0 Å². The van der Waals surface area contributed by atoms with Crippen LogP contribution in [0.25, 0.3) is 0 Å². The van der Waals surface area contributed by atoms with Crippen LogP contribution in [0.15, 0.2) is 0 Å². The molecule has 6 heteroatoms. The van der Waals surface area contributed by atoms with Crippen LogP contribution in [0.4, 0.5) is 12.4 Å². The predicted molar refractivity (Wildman–Crippen MR) is 8.05 cm³/mol. The molecule has 40 valence electrons. The third-order valence-electron chi connectivity index (χ3n) is 0. The van der Waals surface area contributed by atoms with Gasteiger partial charge in [-0.15, -0.1) is 0 Å². The Labute approximate surface area is 37.3 Å². The Hall–Kier alpha value is 0.394. The monoisotopic (exact) mass is 142 g/mol. The standard InChI is InChI=1S/4FH.H2O.Ti/h4*1H;1H2;/q;;;;;+4/p-4. The molecule has 0 aromatic heterocycles. The number of rotatable bonds is 0. The fourth-order valence-corrected chi connectivity index (χ4v) is 0. The van der Waals surface area contributed by atoms with Crippen LogP contribution >= 0.6 is 0 Å². The average molecular weight is 142 g/mol. The quantitative estimate of drug-likeness (QED) is 0.354. The summed E-state index contributed by atoms with van der Waals surface area (Å²) in [5, 5.41) is 0. The second-order valence-electron chi connectivity index (χ2n) is 0.429. The molecule has 0 bridgehead atoms. The fraction of sp³-hybridized carbons (Fsp3) is 0. The maximum absolute atomic E-state index is 9.88. The molecule has 0 fully saturated rings. The molecular weight excluding hydrogens is 140 g/mol. The zero-order valence-electron chi connectivity index (χ0n) is 2.51. The Kier molecular flexibility index (Phi) is 4.09. The van der Waals surface area contributed by atoms with Gasteiger partial charge in [-0.05, 0) is 0 Å². The minimum atomic E-state index is -7.00. The Morgan fingerprint density at radius 3 is 0.833 bits per heavy atom. The van der Waals surface area contributed by atoms with Gasteiger partial charge >= 0.3 is 31.1 Å². The van der Waals surface area contributed by atoms with E-state index in [9.17, 15) is 12.4 Å². The van der Waals surface area contributed by atoms with E-state index in [4.69, 9.17) is 0 Å². The van der Waals surface area contributed by atoms with E-state index in [0.29, 0.717) is 0 Å². The molecule has 0 aliphatic heterocycles. The molecule has 0 aromatic carbocycles. The molecule has 1 nitrogen and oxygen atoms in total. The van der Waals surface area contributed by atoms with E-state index in [1.807, 2.05) is 0 Å². The zero-order chi connectivity index (χ0) is 4.50. The van der Waals surface area contributed by atoms with Gasteiger partial charge in [0.05, 0.1) is 0 Å². The van der Waals surface area contributed by atoms with Crippen LogP contribution in [-0.2, 0) is 18.7 Å². The average Bonchev–Trinajstić information content (AvgIpc) is 0.722. The van der Waals surface area contributed by atoms with Crippen LogP contribution in [0, 0.1) is 0 Å². The molecule has 6 heavy (non-hydrogen) atoms. The molecule has 0 rings (SSSR count). The molecule has 0 amide bonds. The van der Waals surface area contributed by atoms with Crippen molar-refractivity contribution in [2.24, 2.45) is 0 Å². The van der Waals surface area contributed by atoms with Crippen molar-refractivity contribution < 1.29 is 36.6 Å². The Bertz CT molecular complexity index is 23.0. The third kappa shape index (κ3) is 326. The first-order valence-corrected chi connectivity index (χ1v) is 3.12. The number of halogens is 4. The summed E-state index contributed by atoms with van der Waals surface area (Å²) >= 11 is -7.00. The molecule has 0 saturated carbocycles. The molecule has 0 saturated heterocycles. The molecule has 2 N–H and O–H groups in total. The van der Waals surface area contributed by atoms with Crippen molar-refractivity contribution in [2.75, 3.05) is 0 Å². The fourth-order valence-electron chi connectivity index (χ4n) is 0. The normalized spacial score (nSPS) is 10.0. The minimum absolute atomic E-state index is 0. The SMILES string of the molecule is O.[F][Ti]([F])([F])[F]. The summed E-state index contributed by atoms with van der Waals surface area (Å²) in [6.07, 6.45) is 0. The van der Waals surface area contributed by atoms with Gasteiger partial charge in [0.2, 0.25) is 0 Å². The summed E-state index contributed by atoms with van der Waals surface area (Å²) in [5.41, 5.74) is 0. The van der Waals surface area contributed by atoms with E-state index in [1.165, 1.54) is 0 Å².